The largest absolute Gasteiger partial charge is 0.497 e. The summed E-state index contributed by atoms with van der Waals surface area (Å²) >= 11 is 0. The fourth-order valence-electron chi connectivity index (χ4n) is 3.48. The minimum absolute atomic E-state index is 0.602. The number of hydrogen-bond acceptors (Lipinski definition) is 2. The summed E-state index contributed by atoms with van der Waals surface area (Å²) in [6.07, 6.45) is 5.36. The van der Waals surface area contributed by atoms with E-state index in [0.717, 1.165) is 11.7 Å². The van der Waals surface area contributed by atoms with E-state index in [0.29, 0.717) is 12.1 Å². The van der Waals surface area contributed by atoms with Gasteiger partial charge in [-0.05, 0) is 75.3 Å². The van der Waals surface area contributed by atoms with Crippen LogP contribution in [-0.4, -0.2) is 24.6 Å². The Morgan fingerprint density at radius 1 is 1.16 bits per heavy atom. The molecule has 1 aliphatic heterocycles. The predicted molar refractivity (Wildman–Crippen MR) is 78.8 cm³/mol. The lowest BCUT2D eigenvalue weighted by molar-refractivity contribution is 0.204. The van der Waals surface area contributed by atoms with E-state index in [-0.39, 0.29) is 0 Å². The first-order valence-electron chi connectivity index (χ1n) is 7.64. The molecule has 104 valence electrons. The van der Waals surface area contributed by atoms with Crippen LogP contribution >= 0.6 is 0 Å². The van der Waals surface area contributed by atoms with Crippen molar-refractivity contribution in [1.82, 2.24) is 4.90 Å². The van der Waals surface area contributed by atoms with Crippen LogP contribution in [0, 0.1) is 0 Å². The van der Waals surface area contributed by atoms with E-state index >= 15 is 0 Å². The molecule has 0 amide bonds. The summed E-state index contributed by atoms with van der Waals surface area (Å²) < 4.78 is 5.45. The predicted octanol–water partition coefficient (Wildman–Crippen LogP) is 4.12. The molecule has 3 rings (SSSR count). The van der Waals surface area contributed by atoms with Gasteiger partial charge in [-0.1, -0.05) is 6.07 Å². The number of rotatable bonds is 4. The van der Waals surface area contributed by atoms with E-state index < -0.39 is 0 Å². The van der Waals surface area contributed by atoms with Crippen molar-refractivity contribution in [2.75, 3.05) is 13.7 Å². The molecule has 2 nitrogen and oxygen atoms in total. The van der Waals surface area contributed by atoms with Crippen molar-refractivity contribution in [2.45, 2.75) is 57.5 Å². The van der Waals surface area contributed by atoms with Crippen molar-refractivity contribution >= 4 is 0 Å². The van der Waals surface area contributed by atoms with Crippen LogP contribution in [0.15, 0.2) is 18.2 Å². The molecule has 1 unspecified atom stereocenters. The number of benzene rings is 1. The second-order valence-electron chi connectivity index (χ2n) is 6.26. The summed E-state index contributed by atoms with van der Waals surface area (Å²) in [5.41, 5.74) is 3.12. The molecule has 1 aliphatic carbocycles. The molecule has 0 aromatic heterocycles. The Labute approximate surface area is 116 Å². The van der Waals surface area contributed by atoms with E-state index in [1.807, 2.05) is 0 Å². The molecule has 1 saturated heterocycles. The molecule has 1 heterocycles. The monoisotopic (exact) mass is 259 g/mol. The van der Waals surface area contributed by atoms with Crippen LogP contribution in [0.25, 0.3) is 0 Å². The summed E-state index contributed by atoms with van der Waals surface area (Å²) in [5, 5.41) is 0. The lowest BCUT2D eigenvalue weighted by Crippen LogP contribution is -2.30. The van der Waals surface area contributed by atoms with Gasteiger partial charge in [-0.2, -0.15) is 0 Å². The first-order valence-corrected chi connectivity index (χ1v) is 7.64. The van der Waals surface area contributed by atoms with Crippen molar-refractivity contribution < 1.29 is 4.74 Å². The molecule has 0 bridgehead atoms. The van der Waals surface area contributed by atoms with Crippen LogP contribution in [0.4, 0.5) is 0 Å². The zero-order chi connectivity index (χ0) is 13.4. The average Bonchev–Trinajstić information content (AvgIpc) is 3.14. The van der Waals surface area contributed by atoms with E-state index in [9.17, 15) is 0 Å². The molecule has 0 radical (unpaired) electrons. The molecule has 2 aliphatic rings. The van der Waals surface area contributed by atoms with Crippen LogP contribution in [-0.2, 0) is 0 Å². The van der Waals surface area contributed by atoms with Crippen molar-refractivity contribution in [3.05, 3.63) is 29.3 Å². The van der Waals surface area contributed by atoms with Gasteiger partial charge in [0.1, 0.15) is 5.75 Å². The molecule has 1 aromatic carbocycles. The molecular formula is C17H25NO. The van der Waals surface area contributed by atoms with Crippen molar-refractivity contribution in [1.29, 1.82) is 0 Å². The van der Waals surface area contributed by atoms with Gasteiger partial charge in [0.2, 0.25) is 0 Å². The van der Waals surface area contributed by atoms with E-state index in [1.165, 1.54) is 37.8 Å². The average molecular weight is 259 g/mol. The Bertz CT molecular complexity index is 451. The number of likely N-dealkylation sites (tertiary alicyclic amines) is 1. The Morgan fingerprint density at radius 2 is 1.95 bits per heavy atom. The van der Waals surface area contributed by atoms with Crippen LogP contribution in [0.5, 0.6) is 5.75 Å². The van der Waals surface area contributed by atoms with Crippen molar-refractivity contribution in [3.8, 4) is 5.75 Å². The Balaban J connectivity index is 1.97. The maximum atomic E-state index is 5.45. The summed E-state index contributed by atoms with van der Waals surface area (Å²) in [6.45, 7) is 5.87. The molecule has 0 spiro atoms. The Hall–Kier alpha value is -1.02. The van der Waals surface area contributed by atoms with Crippen LogP contribution in [0.1, 0.15) is 62.6 Å². The fourth-order valence-corrected chi connectivity index (χ4v) is 3.48. The third-order valence-electron chi connectivity index (χ3n) is 4.63. The molecular weight excluding hydrogens is 234 g/mol. The molecule has 2 fully saturated rings. The Kier molecular flexibility index (Phi) is 3.53. The van der Waals surface area contributed by atoms with Gasteiger partial charge in [-0.3, -0.25) is 4.90 Å². The molecule has 19 heavy (non-hydrogen) atoms. The minimum Gasteiger partial charge on any atom is -0.497 e. The summed E-state index contributed by atoms with van der Waals surface area (Å²) in [5.74, 6) is 1.82. The first-order chi connectivity index (χ1) is 9.20. The van der Waals surface area contributed by atoms with Gasteiger partial charge < -0.3 is 4.74 Å². The fraction of sp³-hybridized carbons (Fsp3) is 0.647. The first kappa shape index (κ1) is 13.0. The van der Waals surface area contributed by atoms with Gasteiger partial charge in [-0.25, -0.2) is 0 Å². The van der Waals surface area contributed by atoms with Gasteiger partial charge in [0, 0.05) is 12.1 Å². The number of nitrogens with zero attached hydrogens (tertiary/aromatic N) is 1. The number of methoxy groups -OCH3 is 1. The molecule has 1 aromatic rings. The van der Waals surface area contributed by atoms with Crippen LogP contribution in [0.3, 0.4) is 0 Å². The van der Waals surface area contributed by atoms with Gasteiger partial charge in [0.25, 0.3) is 0 Å². The maximum absolute atomic E-state index is 5.45. The molecule has 1 atom stereocenters. The highest BCUT2D eigenvalue weighted by Gasteiger charge is 2.33. The van der Waals surface area contributed by atoms with E-state index in [4.69, 9.17) is 4.74 Å². The van der Waals surface area contributed by atoms with Crippen molar-refractivity contribution in [3.63, 3.8) is 0 Å². The van der Waals surface area contributed by atoms with Crippen LogP contribution < -0.4 is 4.74 Å². The topological polar surface area (TPSA) is 12.5 Å². The lowest BCUT2D eigenvalue weighted by Gasteiger charge is -2.30. The smallest absolute Gasteiger partial charge is 0.119 e. The standard InChI is InChI=1S/C17H25NO/c1-12(2)18-10-4-5-17(18)16-11-14(19-3)8-9-15(16)13-6-7-13/h8-9,11-13,17H,4-7,10H2,1-3H3. The van der Waals surface area contributed by atoms with Gasteiger partial charge >= 0.3 is 0 Å². The Morgan fingerprint density at radius 3 is 2.58 bits per heavy atom. The second-order valence-corrected chi connectivity index (χ2v) is 6.26. The van der Waals surface area contributed by atoms with Gasteiger partial charge in [-0.15, -0.1) is 0 Å². The minimum atomic E-state index is 0.602. The maximum Gasteiger partial charge on any atom is 0.119 e. The van der Waals surface area contributed by atoms with Gasteiger partial charge in [0.05, 0.1) is 7.11 Å². The van der Waals surface area contributed by atoms with E-state index in [1.54, 1.807) is 12.7 Å². The van der Waals surface area contributed by atoms with Crippen molar-refractivity contribution in [2.24, 2.45) is 0 Å². The SMILES string of the molecule is COc1ccc(C2CC2)c(C2CCCN2C(C)C)c1. The summed E-state index contributed by atoms with van der Waals surface area (Å²) in [7, 11) is 1.77. The highest BCUT2D eigenvalue weighted by Crippen LogP contribution is 2.46. The second kappa shape index (κ2) is 5.16. The molecule has 1 saturated carbocycles. The quantitative estimate of drug-likeness (QED) is 0.806. The number of ether oxygens (including phenoxy) is 1. The third-order valence-corrected chi connectivity index (χ3v) is 4.63. The number of hydrogen-bond donors (Lipinski definition) is 0. The molecule has 2 heteroatoms. The zero-order valence-electron chi connectivity index (χ0n) is 12.4. The third kappa shape index (κ3) is 2.51. The highest BCUT2D eigenvalue weighted by atomic mass is 16.5. The normalized spacial score (nSPS) is 24.1. The summed E-state index contributed by atoms with van der Waals surface area (Å²) in [6, 6.07) is 7.96. The highest BCUT2D eigenvalue weighted by molar-refractivity contribution is 5.41. The van der Waals surface area contributed by atoms with Crippen LogP contribution in [0.2, 0.25) is 0 Å². The summed E-state index contributed by atoms with van der Waals surface area (Å²) in [4.78, 5) is 2.65. The lowest BCUT2D eigenvalue weighted by atomic mass is 9.94. The molecule has 0 N–H and O–H groups in total. The zero-order valence-corrected chi connectivity index (χ0v) is 12.4. The van der Waals surface area contributed by atoms with E-state index in [2.05, 4.69) is 36.9 Å². The van der Waals surface area contributed by atoms with Gasteiger partial charge in [0.15, 0.2) is 0 Å².